The second kappa shape index (κ2) is 9.07. The van der Waals surface area contributed by atoms with Gasteiger partial charge < -0.3 is 15.6 Å². The minimum atomic E-state index is 0.355. The van der Waals surface area contributed by atoms with Crippen molar-refractivity contribution in [1.82, 2.24) is 29.8 Å². The van der Waals surface area contributed by atoms with Crippen LogP contribution < -0.4 is 10.6 Å². The first kappa shape index (κ1) is 20.6. The molecule has 8 nitrogen and oxygen atoms in total. The highest BCUT2D eigenvalue weighted by molar-refractivity contribution is 5.85. The molecule has 1 saturated heterocycles. The van der Waals surface area contributed by atoms with Crippen molar-refractivity contribution in [2.75, 3.05) is 23.7 Å². The van der Waals surface area contributed by atoms with E-state index in [0.717, 1.165) is 60.4 Å². The lowest BCUT2D eigenvalue weighted by atomic mass is 10.0. The lowest BCUT2D eigenvalue weighted by Gasteiger charge is -2.32. The number of pyridine rings is 1. The van der Waals surface area contributed by atoms with Crippen molar-refractivity contribution in [3.8, 4) is 0 Å². The Balaban J connectivity index is 1.17. The summed E-state index contributed by atoms with van der Waals surface area (Å²) in [6, 6.07) is 21.0. The molecule has 2 aromatic carbocycles. The molecule has 6 rings (SSSR count). The average Bonchev–Trinajstić information content (AvgIpc) is 3.35. The van der Waals surface area contributed by atoms with Gasteiger partial charge in [-0.3, -0.25) is 9.88 Å². The number of fused-ring (bicyclic) bond motifs is 2. The molecule has 0 unspecified atom stereocenters. The van der Waals surface area contributed by atoms with Gasteiger partial charge in [0.1, 0.15) is 5.52 Å². The van der Waals surface area contributed by atoms with Gasteiger partial charge in [0.15, 0.2) is 11.5 Å². The summed E-state index contributed by atoms with van der Waals surface area (Å²) in [5.41, 5.74) is 4.71. The van der Waals surface area contributed by atoms with E-state index >= 15 is 0 Å². The smallest absolute Gasteiger partial charge is 0.231 e. The monoisotopic (exact) mass is 450 g/mol. The molecule has 0 atom stereocenters. The van der Waals surface area contributed by atoms with E-state index < -0.39 is 0 Å². The zero-order valence-corrected chi connectivity index (χ0v) is 18.8. The molecule has 0 spiro atoms. The second-order valence-corrected chi connectivity index (χ2v) is 8.71. The highest BCUT2D eigenvalue weighted by Crippen LogP contribution is 2.25. The molecule has 0 radical (unpaired) electrons. The number of aromatic nitrogens is 5. The fourth-order valence-electron chi connectivity index (χ4n) is 4.55. The second-order valence-electron chi connectivity index (χ2n) is 8.71. The van der Waals surface area contributed by atoms with Gasteiger partial charge >= 0.3 is 0 Å². The number of H-pyrrole nitrogens is 1. The van der Waals surface area contributed by atoms with Crippen molar-refractivity contribution < 1.29 is 0 Å². The van der Waals surface area contributed by atoms with Crippen molar-refractivity contribution in [3.05, 3.63) is 78.8 Å². The minimum absolute atomic E-state index is 0.355. The molecule has 1 aliphatic rings. The van der Waals surface area contributed by atoms with E-state index in [4.69, 9.17) is 4.98 Å². The maximum Gasteiger partial charge on any atom is 0.231 e. The molecule has 0 aliphatic carbocycles. The van der Waals surface area contributed by atoms with Gasteiger partial charge in [0.05, 0.1) is 11.8 Å². The zero-order chi connectivity index (χ0) is 22.7. The van der Waals surface area contributed by atoms with Crippen LogP contribution in [0.4, 0.5) is 17.5 Å². The van der Waals surface area contributed by atoms with Crippen LogP contribution in [0.5, 0.6) is 0 Å². The fraction of sp³-hybridized carbons (Fsp3) is 0.231. The van der Waals surface area contributed by atoms with Gasteiger partial charge in [-0.25, -0.2) is 4.98 Å². The number of nitrogens with one attached hydrogen (secondary N) is 3. The SMILES string of the molecule is c1ccc(CN2CCC(Nc3nc(Nc4ccc5ncccc5c4)nc4nc[nH]c34)CC2)cc1. The van der Waals surface area contributed by atoms with E-state index in [2.05, 4.69) is 71.9 Å². The first-order chi connectivity index (χ1) is 16.8. The molecule has 170 valence electrons. The standard InChI is InChI=1S/C26H26N8/c1-2-5-18(6-3-1)16-34-13-10-20(11-14-34)30-25-23-24(29-17-28-23)32-26(33-25)31-21-8-9-22-19(15-21)7-4-12-27-22/h1-9,12,15,17,20H,10-11,13-14,16H2,(H3,28,29,30,31,32,33). The van der Waals surface area contributed by atoms with Gasteiger partial charge in [-0.15, -0.1) is 0 Å². The summed E-state index contributed by atoms with van der Waals surface area (Å²) in [5.74, 6) is 1.31. The quantitative estimate of drug-likeness (QED) is 0.344. The number of imidazole rings is 1. The van der Waals surface area contributed by atoms with E-state index in [-0.39, 0.29) is 0 Å². The van der Waals surface area contributed by atoms with Crippen LogP contribution in [0.25, 0.3) is 22.1 Å². The molecule has 5 aromatic rings. The molecule has 0 amide bonds. The Kier molecular flexibility index (Phi) is 5.48. The van der Waals surface area contributed by atoms with Crippen LogP contribution in [-0.4, -0.2) is 49.0 Å². The Morgan fingerprint density at radius 3 is 2.71 bits per heavy atom. The third-order valence-electron chi connectivity index (χ3n) is 6.32. The zero-order valence-electron chi connectivity index (χ0n) is 18.8. The van der Waals surface area contributed by atoms with E-state index in [1.54, 1.807) is 12.5 Å². The number of aromatic amines is 1. The number of hydrogen-bond acceptors (Lipinski definition) is 7. The van der Waals surface area contributed by atoms with Crippen LogP contribution in [0.15, 0.2) is 73.2 Å². The predicted molar refractivity (Wildman–Crippen MR) is 135 cm³/mol. The van der Waals surface area contributed by atoms with Gasteiger partial charge in [-0.1, -0.05) is 36.4 Å². The van der Waals surface area contributed by atoms with Gasteiger partial charge in [-0.05, 0) is 42.7 Å². The van der Waals surface area contributed by atoms with Gasteiger partial charge in [0.25, 0.3) is 0 Å². The topological polar surface area (TPSA) is 94.7 Å². The third kappa shape index (κ3) is 4.40. The molecule has 0 saturated carbocycles. The van der Waals surface area contributed by atoms with Gasteiger partial charge in [0, 0.05) is 42.9 Å². The number of benzene rings is 2. The van der Waals surface area contributed by atoms with Crippen molar-refractivity contribution in [3.63, 3.8) is 0 Å². The van der Waals surface area contributed by atoms with Crippen molar-refractivity contribution in [2.45, 2.75) is 25.4 Å². The van der Waals surface area contributed by atoms with Crippen molar-refractivity contribution in [1.29, 1.82) is 0 Å². The van der Waals surface area contributed by atoms with Gasteiger partial charge in [-0.2, -0.15) is 9.97 Å². The number of likely N-dealkylation sites (tertiary alicyclic amines) is 1. The van der Waals surface area contributed by atoms with E-state index in [1.807, 2.05) is 24.3 Å². The highest BCUT2D eigenvalue weighted by atomic mass is 15.2. The van der Waals surface area contributed by atoms with Crippen LogP contribution in [0.3, 0.4) is 0 Å². The fourth-order valence-corrected chi connectivity index (χ4v) is 4.55. The predicted octanol–water partition coefficient (Wildman–Crippen LogP) is 4.72. The Hall–Kier alpha value is -4.04. The maximum absolute atomic E-state index is 4.80. The Bertz CT molecular complexity index is 1410. The number of hydrogen-bond donors (Lipinski definition) is 3. The first-order valence-electron chi connectivity index (χ1n) is 11.7. The van der Waals surface area contributed by atoms with Gasteiger partial charge in [0.2, 0.25) is 5.95 Å². The van der Waals surface area contributed by atoms with E-state index in [0.29, 0.717) is 17.6 Å². The highest BCUT2D eigenvalue weighted by Gasteiger charge is 2.21. The molecule has 0 bridgehead atoms. The van der Waals surface area contributed by atoms with E-state index in [1.165, 1.54) is 5.56 Å². The molecule has 1 aliphatic heterocycles. The normalized spacial score (nSPS) is 15.1. The molecule has 3 aromatic heterocycles. The Morgan fingerprint density at radius 1 is 0.941 bits per heavy atom. The summed E-state index contributed by atoms with van der Waals surface area (Å²) >= 11 is 0. The summed E-state index contributed by atoms with van der Waals surface area (Å²) in [7, 11) is 0. The molecule has 8 heteroatoms. The van der Waals surface area contributed by atoms with Crippen LogP contribution in [0.1, 0.15) is 18.4 Å². The Morgan fingerprint density at radius 2 is 1.82 bits per heavy atom. The van der Waals surface area contributed by atoms with Crippen LogP contribution >= 0.6 is 0 Å². The van der Waals surface area contributed by atoms with Crippen LogP contribution in [0.2, 0.25) is 0 Å². The number of anilines is 3. The lowest BCUT2D eigenvalue weighted by Crippen LogP contribution is -2.38. The largest absolute Gasteiger partial charge is 0.365 e. The molecule has 3 N–H and O–H groups in total. The summed E-state index contributed by atoms with van der Waals surface area (Å²) in [6.07, 6.45) is 5.59. The Labute approximate surface area is 197 Å². The number of nitrogens with zero attached hydrogens (tertiary/aromatic N) is 5. The lowest BCUT2D eigenvalue weighted by molar-refractivity contribution is 0.211. The maximum atomic E-state index is 4.80. The van der Waals surface area contributed by atoms with Crippen molar-refractivity contribution in [2.24, 2.45) is 0 Å². The van der Waals surface area contributed by atoms with E-state index in [9.17, 15) is 0 Å². The van der Waals surface area contributed by atoms with Crippen LogP contribution in [-0.2, 0) is 6.54 Å². The van der Waals surface area contributed by atoms with Crippen LogP contribution in [0, 0.1) is 0 Å². The summed E-state index contributed by atoms with van der Waals surface area (Å²) in [5, 5.41) is 8.05. The molecular weight excluding hydrogens is 424 g/mol. The molecule has 1 fully saturated rings. The average molecular weight is 451 g/mol. The van der Waals surface area contributed by atoms with Crippen molar-refractivity contribution >= 4 is 39.5 Å². The number of rotatable bonds is 6. The summed E-state index contributed by atoms with van der Waals surface area (Å²) < 4.78 is 0. The molecule has 34 heavy (non-hydrogen) atoms. The molecule has 4 heterocycles. The summed E-state index contributed by atoms with van der Waals surface area (Å²) in [4.78, 5) is 23.9. The molecular formula is C26H26N8. The summed E-state index contributed by atoms with van der Waals surface area (Å²) in [6.45, 7) is 3.11. The third-order valence-corrected chi connectivity index (χ3v) is 6.32. The number of piperidine rings is 1. The minimum Gasteiger partial charge on any atom is -0.365 e. The first-order valence-corrected chi connectivity index (χ1v) is 11.7.